The van der Waals surface area contributed by atoms with Crippen LogP contribution in [-0.2, 0) is 14.1 Å². The quantitative estimate of drug-likeness (QED) is 0.435. The molecule has 0 aliphatic rings. The van der Waals surface area contributed by atoms with Gasteiger partial charge in [0.15, 0.2) is 0 Å². The van der Waals surface area contributed by atoms with Crippen molar-refractivity contribution in [2.24, 2.45) is 14.1 Å². The highest BCUT2D eigenvalue weighted by molar-refractivity contribution is 4.47. The minimum Gasteiger partial charge on any atom is -0.283 e. The van der Waals surface area contributed by atoms with Crippen molar-refractivity contribution in [3.8, 4) is 0 Å². The van der Waals surface area contributed by atoms with Crippen molar-refractivity contribution in [1.29, 1.82) is 0 Å². The van der Waals surface area contributed by atoms with Gasteiger partial charge in [0.25, 0.3) is 0 Å². The standard InChI is InChI=1S/C3H6N2O2/c1-4-3(6)5(2)7-4/h1-2H3. The van der Waals surface area contributed by atoms with Crippen molar-refractivity contribution < 1.29 is 4.63 Å². The van der Waals surface area contributed by atoms with Crippen LogP contribution in [0.15, 0.2) is 9.42 Å². The molecule has 0 aliphatic heterocycles. The van der Waals surface area contributed by atoms with E-state index in [1.54, 1.807) is 14.1 Å². The van der Waals surface area contributed by atoms with E-state index in [4.69, 9.17) is 0 Å². The highest BCUT2D eigenvalue weighted by Crippen LogP contribution is 1.70. The molecule has 1 aromatic rings. The van der Waals surface area contributed by atoms with Crippen LogP contribution in [0.3, 0.4) is 0 Å². The van der Waals surface area contributed by atoms with Crippen LogP contribution in [0.5, 0.6) is 0 Å². The third kappa shape index (κ3) is 0.390. The minimum atomic E-state index is -0.111. The molecule has 0 fully saturated rings. The smallest absolute Gasteiger partial charge is 0.283 e. The molecule has 0 saturated carbocycles. The van der Waals surface area contributed by atoms with Gasteiger partial charge in [0, 0.05) is 0 Å². The van der Waals surface area contributed by atoms with Crippen molar-refractivity contribution in [2.45, 2.75) is 0 Å². The van der Waals surface area contributed by atoms with Crippen molar-refractivity contribution in [3.05, 3.63) is 10.5 Å². The number of hydrogen-bond acceptors (Lipinski definition) is 2. The monoisotopic (exact) mass is 102 g/mol. The van der Waals surface area contributed by atoms with Gasteiger partial charge in [-0.1, -0.05) is 0 Å². The predicted molar refractivity (Wildman–Crippen MR) is 22.9 cm³/mol. The fourth-order valence-corrected chi connectivity index (χ4v) is 0.419. The Morgan fingerprint density at radius 2 is 1.86 bits per heavy atom. The first kappa shape index (κ1) is 4.23. The van der Waals surface area contributed by atoms with Crippen molar-refractivity contribution >= 4 is 0 Å². The maximum Gasteiger partial charge on any atom is 0.389 e. The Labute approximate surface area is 39.9 Å². The zero-order valence-electron chi connectivity index (χ0n) is 4.21. The molecule has 1 rings (SSSR count). The predicted octanol–water partition coefficient (Wildman–Crippen LogP) is -0.683. The molecule has 0 spiro atoms. The van der Waals surface area contributed by atoms with E-state index >= 15 is 0 Å². The van der Waals surface area contributed by atoms with E-state index in [-0.39, 0.29) is 5.69 Å². The van der Waals surface area contributed by atoms with Gasteiger partial charge in [-0.25, -0.2) is 4.79 Å². The molecule has 0 saturated heterocycles. The zero-order chi connectivity index (χ0) is 5.44. The van der Waals surface area contributed by atoms with E-state index in [0.29, 0.717) is 0 Å². The topological polar surface area (TPSA) is 40.1 Å². The molecule has 0 amide bonds. The molecule has 0 N–H and O–H groups in total. The van der Waals surface area contributed by atoms with Gasteiger partial charge in [-0.2, -0.15) is 0 Å². The van der Waals surface area contributed by atoms with Crippen molar-refractivity contribution in [3.63, 3.8) is 0 Å². The molecule has 0 unspecified atom stereocenters. The second kappa shape index (κ2) is 1.02. The van der Waals surface area contributed by atoms with Crippen LogP contribution in [0.1, 0.15) is 0 Å². The minimum absolute atomic E-state index is 0.111. The van der Waals surface area contributed by atoms with Gasteiger partial charge in [-0.05, 0) is 0 Å². The Morgan fingerprint density at radius 3 is 1.86 bits per heavy atom. The molecule has 40 valence electrons. The summed E-state index contributed by atoms with van der Waals surface area (Å²) in [6.07, 6.45) is 0. The number of nitrogens with zero attached hydrogens (tertiary/aromatic N) is 2. The van der Waals surface area contributed by atoms with E-state index in [2.05, 4.69) is 4.63 Å². The van der Waals surface area contributed by atoms with Gasteiger partial charge in [0.05, 0.1) is 14.1 Å². The van der Waals surface area contributed by atoms with E-state index in [9.17, 15) is 4.79 Å². The Bertz CT molecular complexity index is 186. The Hall–Kier alpha value is -0.930. The Morgan fingerprint density at radius 1 is 1.43 bits per heavy atom. The van der Waals surface area contributed by atoms with Gasteiger partial charge >= 0.3 is 5.69 Å². The van der Waals surface area contributed by atoms with Gasteiger partial charge < -0.3 is 0 Å². The Kier molecular flexibility index (Phi) is 0.618. The molecule has 4 nitrogen and oxygen atoms in total. The van der Waals surface area contributed by atoms with E-state index < -0.39 is 0 Å². The maximum absolute atomic E-state index is 10.3. The first-order chi connectivity index (χ1) is 3.22. The third-order valence-corrected chi connectivity index (χ3v) is 0.784. The van der Waals surface area contributed by atoms with Crippen LogP contribution in [0, 0.1) is 0 Å². The molecular formula is C3H6N2O2. The summed E-state index contributed by atoms with van der Waals surface area (Å²) in [7, 11) is 3.12. The fourth-order valence-electron chi connectivity index (χ4n) is 0.419. The SMILES string of the molecule is Cn1on(C)c1=O. The van der Waals surface area contributed by atoms with Gasteiger partial charge in [-0.15, -0.1) is 9.48 Å². The summed E-state index contributed by atoms with van der Waals surface area (Å²) in [6.45, 7) is 0. The lowest BCUT2D eigenvalue weighted by atomic mass is 11.1. The molecule has 4 heteroatoms. The van der Waals surface area contributed by atoms with Crippen LogP contribution in [0.25, 0.3) is 0 Å². The molecule has 0 atom stereocenters. The molecule has 1 aromatic heterocycles. The molecule has 7 heavy (non-hydrogen) atoms. The third-order valence-electron chi connectivity index (χ3n) is 0.784. The van der Waals surface area contributed by atoms with E-state index in [1.165, 1.54) is 0 Å². The zero-order valence-corrected chi connectivity index (χ0v) is 4.21. The van der Waals surface area contributed by atoms with E-state index in [1.807, 2.05) is 0 Å². The molecule has 0 radical (unpaired) electrons. The van der Waals surface area contributed by atoms with Crippen molar-refractivity contribution in [1.82, 2.24) is 9.48 Å². The van der Waals surface area contributed by atoms with Crippen LogP contribution in [0.4, 0.5) is 0 Å². The largest absolute Gasteiger partial charge is 0.389 e. The molecule has 0 aromatic carbocycles. The van der Waals surface area contributed by atoms with Crippen LogP contribution in [-0.4, -0.2) is 9.48 Å². The summed E-state index contributed by atoms with van der Waals surface area (Å²) in [4.78, 5) is 10.3. The summed E-state index contributed by atoms with van der Waals surface area (Å²) in [5.41, 5.74) is -0.111. The molecule has 0 bridgehead atoms. The highest BCUT2D eigenvalue weighted by Gasteiger charge is 1.97. The average Bonchev–Trinajstić information content (AvgIpc) is 1.68. The van der Waals surface area contributed by atoms with Gasteiger partial charge in [-0.3, -0.25) is 4.63 Å². The van der Waals surface area contributed by atoms with Crippen LogP contribution < -0.4 is 5.69 Å². The lowest BCUT2D eigenvalue weighted by Crippen LogP contribution is -2.33. The first-order valence-electron chi connectivity index (χ1n) is 1.91. The van der Waals surface area contributed by atoms with Crippen molar-refractivity contribution in [2.75, 3.05) is 0 Å². The van der Waals surface area contributed by atoms with Gasteiger partial charge in [0.2, 0.25) is 0 Å². The number of aryl methyl sites for hydroxylation is 2. The number of hydrogen-bond donors (Lipinski definition) is 0. The molecule has 0 aliphatic carbocycles. The van der Waals surface area contributed by atoms with Crippen LogP contribution >= 0.6 is 0 Å². The summed E-state index contributed by atoms with van der Waals surface area (Å²) in [5.74, 6) is 0. The van der Waals surface area contributed by atoms with Crippen LogP contribution in [0.2, 0.25) is 0 Å². The first-order valence-corrected chi connectivity index (χ1v) is 1.91. The van der Waals surface area contributed by atoms with Gasteiger partial charge in [0.1, 0.15) is 0 Å². The lowest BCUT2D eigenvalue weighted by Gasteiger charge is -2.01. The normalized spacial score (nSPS) is 10.0. The maximum atomic E-state index is 10.3. The summed E-state index contributed by atoms with van der Waals surface area (Å²) >= 11 is 0. The second-order valence-electron chi connectivity index (χ2n) is 1.36. The molecular weight excluding hydrogens is 96.0 g/mol. The fraction of sp³-hybridized carbons (Fsp3) is 0.667. The summed E-state index contributed by atoms with van der Waals surface area (Å²) in [5, 5.41) is 0. The lowest BCUT2D eigenvalue weighted by molar-refractivity contribution is 0.0426. The number of aromatic nitrogens is 2. The second-order valence-corrected chi connectivity index (χ2v) is 1.36. The summed E-state index contributed by atoms with van der Waals surface area (Å²) in [6, 6.07) is 0. The highest BCUT2D eigenvalue weighted by atomic mass is 16.6. The molecule has 1 heterocycles. The van der Waals surface area contributed by atoms with E-state index in [0.717, 1.165) is 9.48 Å². The number of rotatable bonds is 0. The Balaban J connectivity index is 3.17. The average molecular weight is 102 g/mol. The summed E-state index contributed by atoms with van der Waals surface area (Å²) < 4.78 is 6.87.